The summed E-state index contributed by atoms with van der Waals surface area (Å²) in [5, 5.41) is 20.5. The minimum Gasteiger partial charge on any atom is -0.395 e. The second-order valence-corrected chi connectivity index (χ2v) is 2.38. The predicted molar refractivity (Wildman–Crippen MR) is 47.4 cm³/mol. The van der Waals surface area contributed by atoms with Gasteiger partial charge >= 0.3 is 0 Å². The molecule has 0 bridgehead atoms. The Balaban J connectivity index is 3.76. The van der Waals surface area contributed by atoms with Crippen LogP contribution in [-0.4, -0.2) is 53.6 Å². The molecule has 0 unspecified atom stereocenters. The topological polar surface area (TPSA) is 55.7 Å². The summed E-state index contributed by atoms with van der Waals surface area (Å²) in [6.07, 6.45) is 0. The number of aliphatic hydroxyl groups is 2. The molecule has 0 amide bonds. The maximum absolute atomic E-state index is 8.60. The summed E-state index contributed by atoms with van der Waals surface area (Å²) in [4.78, 5) is 1.70. The summed E-state index contributed by atoms with van der Waals surface area (Å²) in [5.74, 6) is 0. The number of nitrogens with zero attached hydrogens (tertiary/aromatic N) is 1. The number of thiocarbonyl (C=S) groups is 1. The van der Waals surface area contributed by atoms with Crippen molar-refractivity contribution in [2.75, 3.05) is 33.4 Å². The van der Waals surface area contributed by atoms with E-state index in [0.29, 0.717) is 18.2 Å². The molecule has 0 radical (unpaired) electrons. The quantitative estimate of drug-likeness (QED) is 0.471. The third-order valence-electron chi connectivity index (χ3n) is 1.24. The van der Waals surface area contributed by atoms with E-state index in [4.69, 9.17) is 22.4 Å². The first kappa shape index (κ1) is 10.6. The van der Waals surface area contributed by atoms with Crippen LogP contribution in [0.2, 0.25) is 0 Å². The normalized spacial score (nSPS) is 9.36. The lowest BCUT2D eigenvalue weighted by Crippen LogP contribution is -2.41. The van der Waals surface area contributed by atoms with Crippen molar-refractivity contribution in [3.63, 3.8) is 0 Å². The van der Waals surface area contributed by atoms with Crippen LogP contribution in [0.5, 0.6) is 0 Å². The van der Waals surface area contributed by atoms with Crippen molar-refractivity contribution in [2.24, 2.45) is 0 Å². The van der Waals surface area contributed by atoms with Gasteiger partial charge in [0.2, 0.25) is 0 Å². The first-order valence-corrected chi connectivity index (χ1v) is 3.85. The number of aliphatic hydroxyl groups excluding tert-OH is 2. The molecule has 0 spiro atoms. The fraction of sp³-hybridized carbons (Fsp3) is 0.833. The lowest BCUT2D eigenvalue weighted by molar-refractivity contribution is 0.211. The van der Waals surface area contributed by atoms with Crippen LogP contribution in [0.25, 0.3) is 0 Å². The molecule has 0 rings (SSSR count). The van der Waals surface area contributed by atoms with E-state index < -0.39 is 0 Å². The third kappa shape index (κ3) is 4.13. The average Bonchev–Trinajstić information content (AvgIpc) is 2.03. The Hall–Kier alpha value is -0.390. The summed E-state index contributed by atoms with van der Waals surface area (Å²) in [6.45, 7) is 1.00. The van der Waals surface area contributed by atoms with Gasteiger partial charge in [0.25, 0.3) is 0 Å². The Morgan fingerprint density at radius 3 is 2.09 bits per heavy atom. The number of rotatable bonds is 4. The molecule has 0 saturated heterocycles. The highest BCUT2D eigenvalue weighted by molar-refractivity contribution is 7.80. The van der Waals surface area contributed by atoms with Crippen LogP contribution >= 0.6 is 12.2 Å². The molecule has 0 aromatic carbocycles. The molecule has 0 fully saturated rings. The maximum atomic E-state index is 8.60. The van der Waals surface area contributed by atoms with E-state index in [1.807, 2.05) is 0 Å². The summed E-state index contributed by atoms with van der Waals surface area (Å²) >= 11 is 4.90. The Labute approximate surface area is 71.8 Å². The number of nitrogens with one attached hydrogen (secondary N) is 1. The van der Waals surface area contributed by atoms with E-state index in [9.17, 15) is 0 Å². The molecule has 0 saturated carbocycles. The van der Waals surface area contributed by atoms with E-state index in [-0.39, 0.29) is 13.2 Å². The highest BCUT2D eigenvalue weighted by Crippen LogP contribution is 1.87. The van der Waals surface area contributed by atoms with Gasteiger partial charge in [-0.25, -0.2) is 0 Å². The first-order valence-electron chi connectivity index (χ1n) is 3.44. The standard InChI is InChI=1S/C6H14N2O2S/c1-7-6(11)8(2-4-9)3-5-10/h9-10H,2-5H2,1H3,(H,7,11). The van der Waals surface area contributed by atoms with E-state index >= 15 is 0 Å². The fourth-order valence-electron chi connectivity index (χ4n) is 0.714. The van der Waals surface area contributed by atoms with Crippen LogP contribution in [0.1, 0.15) is 0 Å². The van der Waals surface area contributed by atoms with Crippen molar-refractivity contribution >= 4 is 17.3 Å². The minimum absolute atomic E-state index is 0.0435. The predicted octanol–water partition coefficient (Wildman–Crippen LogP) is -1.22. The summed E-state index contributed by atoms with van der Waals surface area (Å²) in [5.41, 5.74) is 0. The van der Waals surface area contributed by atoms with Crippen molar-refractivity contribution < 1.29 is 10.2 Å². The molecule has 0 aromatic rings. The largest absolute Gasteiger partial charge is 0.395 e. The van der Waals surface area contributed by atoms with E-state index in [1.54, 1.807) is 11.9 Å². The Morgan fingerprint density at radius 2 is 1.82 bits per heavy atom. The smallest absolute Gasteiger partial charge is 0.168 e. The van der Waals surface area contributed by atoms with Crippen LogP contribution in [0.4, 0.5) is 0 Å². The zero-order valence-electron chi connectivity index (χ0n) is 6.58. The third-order valence-corrected chi connectivity index (χ3v) is 1.70. The van der Waals surface area contributed by atoms with Crippen molar-refractivity contribution in [1.29, 1.82) is 0 Å². The van der Waals surface area contributed by atoms with Crippen molar-refractivity contribution in [3.8, 4) is 0 Å². The number of hydrogen-bond acceptors (Lipinski definition) is 3. The molecule has 0 aliphatic heterocycles. The summed E-state index contributed by atoms with van der Waals surface area (Å²) < 4.78 is 0. The Bertz CT molecular complexity index is 115. The molecule has 3 N–H and O–H groups in total. The van der Waals surface area contributed by atoms with Crippen molar-refractivity contribution in [2.45, 2.75) is 0 Å². The second kappa shape index (κ2) is 6.33. The van der Waals surface area contributed by atoms with Crippen LogP contribution in [0.15, 0.2) is 0 Å². The summed E-state index contributed by atoms with van der Waals surface area (Å²) in [6, 6.07) is 0. The van der Waals surface area contributed by atoms with Gasteiger partial charge in [-0.1, -0.05) is 0 Å². The van der Waals surface area contributed by atoms with Gasteiger partial charge in [0.1, 0.15) is 0 Å². The Morgan fingerprint density at radius 1 is 1.36 bits per heavy atom. The van der Waals surface area contributed by atoms with Crippen LogP contribution < -0.4 is 5.32 Å². The molecule has 11 heavy (non-hydrogen) atoms. The molecule has 4 nitrogen and oxygen atoms in total. The lowest BCUT2D eigenvalue weighted by Gasteiger charge is -2.22. The molecule has 5 heteroatoms. The van der Waals surface area contributed by atoms with E-state index in [0.717, 1.165) is 0 Å². The van der Waals surface area contributed by atoms with Crippen LogP contribution in [-0.2, 0) is 0 Å². The van der Waals surface area contributed by atoms with E-state index in [1.165, 1.54) is 0 Å². The van der Waals surface area contributed by atoms with Crippen molar-refractivity contribution in [3.05, 3.63) is 0 Å². The molecular weight excluding hydrogens is 164 g/mol. The van der Waals surface area contributed by atoms with Gasteiger partial charge in [-0.05, 0) is 12.2 Å². The average molecular weight is 178 g/mol. The van der Waals surface area contributed by atoms with Crippen molar-refractivity contribution in [1.82, 2.24) is 10.2 Å². The highest BCUT2D eigenvalue weighted by Gasteiger charge is 2.04. The van der Waals surface area contributed by atoms with Gasteiger partial charge in [0.15, 0.2) is 5.11 Å². The van der Waals surface area contributed by atoms with E-state index in [2.05, 4.69) is 5.32 Å². The summed E-state index contributed by atoms with van der Waals surface area (Å²) in [7, 11) is 1.71. The Kier molecular flexibility index (Phi) is 6.10. The zero-order chi connectivity index (χ0) is 8.69. The molecule has 0 atom stereocenters. The monoisotopic (exact) mass is 178 g/mol. The van der Waals surface area contributed by atoms with Gasteiger partial charge in [0, 0.05) is 20.1 Å². The fourth-order valence-corrected chi connectivity index (χ4v) is 0.897. The zero-order valence-corrected chi connectivity index (χ0v) is 7.39. The molecule has 0 heterocycles. The van der Waals surface area contributed by atoms with Gasteiger partial charge in [-0.3, -0.25) is 0 Å². The number of hydrogen-bond donors (Lipinski definition) is 3. The maximum Gasteiger partial charge on any atom is 0.168 e. The van der Waals surface area contributed by atoms with Gasteiger partial charge in [0.05, 0.1) is 13.2 Å². The first-order chi connectivity index (χ1) is 5.26. The van der Waals surface area contributed by atoms with Gasteiger partial charge in [-0.2, -0.15) is 0 Å². The SMILES string of the molecule is CNC(=S)N(CCO)CCO. The lowest BCUT2D eigenvalue weighted by atomic mass is 10.5. The van der Waals surface area contributed by atoms with Crippen LogP contribution in [0, 0.1) is 0 Å². The molecule has 0 aromatic heterocycles. The van der Waals surface area contributed by atoms with Gasteiger partial charge in [-0.15, -0.1) is 0 Å². The molecular formula is C6H14N2O2S. The van der Waals surface area contributed by atoms with Gasteiger partial charge < -0.3 is 20.4 Å². The highest BCUT2D eigenvalue weighted by atomic mass is 32.1. The van der Waals surface area contributed by atoms with Crippen LogP contribution in [0.3, 0.4) is 0 Å². The second-order valence-electron chi connectivity index (χ2n) is 1.99. The minimum atomic E-state index is 0.0435. The molecule has 0 aliphatic carbocycles. The molecule has 66 valence electrons. The molecule has 0 aliphatic rings.